The molecule has 1 aliphatic rings. The highest BCUT2D eigenvalue weighted by molar-refractivity contribution is 5.68. The Bertz CT molecular complexity index is 471. The van der Waals surface area contributed by atoms with E-state index in [-0.39, 0.29) is 12.7 Å². The number of carboxylic acid groups (broad SMARTS) is 1. The molecule has 1 saturated heterocycles. The van der Waals surface area contributed by atoms with Crippen molar-refractivity contribution in [3.05, 3.63) is 17.6 Å². The number of hydrogen-bond donors (Lipinski definition) is 1. The summed E-state index contributed by atoms with van der Waals surface area (Å²) in [6.07, 6.45) is 2.60. The molecule has 110 valence electrons. The molecular formula is C14H21N3O3. The molecule has 6 nitrogen and oxygen atoms in total. The molecule has 2 rings (SSSR count). The maximum absolute atomic E-state index is 10.5. The smallest absolute Gasteiger partial charge is 0.329 e. The van der Waals surface area contributed by atoms with Crippen molar-refractivity contribution in [3.8, 4) is 0 Å². The van der Waals surface area contributed by atoms with E-state index in [2.05, 4.69) is 21.8 Å². The summed E-state index contributed by atoms with van der Waals surface area (Å²) in [7, 11) is 0. The second-order valence-corrected chi connectivity index (χ2v) is 5.01. The predicted octanol–water partition coefficient (Wildman–Crippen LogP) is 1.42. The number of carbonyl (C=O) groups is 1. The van der Waals surface area contributed by atoms with Gasteiger partial charge in [0.1, 0.15) is 18.2 Å². The minimum atomic E-state index is -0.911. The van der Waals surface area contributed by atoms with Crippen molar-refractivity contribution in [1.82, 2.24) is 9.97 Å². The summed E-state index contributed by atoms with van der Waals surface area (Å²) in [5.74, 6) is 0.848. The molecule has 6 heteroatoms. The van der Waals surface area contributed by atoms with Gasteiger partial charge in [-0.2, -0.15) is 0 Å². The predicted molar refractivity (Wildman–Crippen MR) is 75.0 cm³/mol. The molecule has 0 amide bonds. The van der Waals surface area contributed by atoms with Gasteiger partial charge in [0.05, 0.1) is 6.10 Å². The quantitative estimate of drug-likeness (QED) is 0.878. The number of piperidine rings is 1. The Morgan fingerprint density at radius 2 is 2.15 bits per heavy atom. The van der Waals surface area contributed by atoms with E-state index in [0.717, 1.165) is 49.7 Å². The summed E-state index contributed by atoms with van der Waals surface area (Å²) >= 11 is 0. The monoisotopic (exact) mass is 279 g/mol. The first-order valence-electron chi connectivity index (χ1n) is 7.01. The number of aryl methyl sites for hydroxylation is 2. The second kappa shape index (κ2) is 6.65. The number of nitrogens with zero attached hydrogens (tertiary/aromatic N) is 3. The Balaban J connectivity index is 1.93. The molecule has 0 aromatic carbocycles. The molecule has 1 aliphatic heterocycles. The Morgan fingerprint density at radius 1 is 1.45 bits per heavy atom. The molecule has 0 radical (unpaired) electrons. The van der Waals surface area contributed by atoms with Crippen LogP contribution in [0.15, 0.2) is 6.07 Å². The largest absolute Gasteiger partial charge is 0.480 e. The highest BCUT2D eigenvalue weighted by atomic mass is 16.5. The van der Waals surface area contributed by atoms with Gasteiger partial charge in [-0.1, -0.05) is 6.92 Å². The van der Waals surface area contributed by atoms with E-state index in [4.69, 9.17) is 9.84 Å². The van der Waals surface area contributed by atoms with Crippen LogP contribution >= 0.6 is 0 Å². The zero-order valence-corrected chi connectivity index (χ0v) is 12.0. The molecule has 1 fully saturated rings. The number of aromatic nitrogens is 2. The highest BCUT2D eigenvalue weighted by Crippen LogP contribution is 2.20. The number of rotatable bonds is 5. The molecule has 0 atom stereocenters. The van der Waals surface area contributed by atoms with Gasteiger partial charge in [0, 0.05) is 24.8 Å². The molecule has 1 N–H and O–H groups in total. The third-order valence-corrected chi connectivity index (χ3v) is 3.45. The molecule has 1 aromatic rings. The van der Waals surface area contributed by atoms with E-state index in [1.165, 1.54) is 0 Å². The lowest BCUT2D eigenvalue weighted by molar-refractivity contribution is -0.144. The van der Waals surface area contributed by atoms with Gasteiger partial charge in [0.15, 0.2) is 0 Å². The van der Waals surface area contributed by atoms with Crippen molar-refractivity contribution in [2.75, 3.05) is 24.6 Å². The number of ether oxygens (including phenoxy) is 1. The summed E-state index contributed by atoms with van der Waals surface area (Å²) in [5.41, 5.74) is 1.05. The second-order valence-electron chi connectivity index (χ2n) is 5.01. The average Bonchev–Trinajstić information content (AvgIpc) is 2.45. The summed E-state index contributed by atoms with van der Waals surface area (Å²) in [6, 6.07) is 2.03. The van der Waals surface area contributed by atoms with Gasteiger partial charge in [-0.25, -0.2) is 14.8 Å². The van der Waals surface area contributed by atoms with Gasteiger partial charge < -0.3 is 14.7 Å². The molecule has 1 aromatic heterocycles. The van der Waals surface area contributed by atoms with Crippen molar-refractivity contribution >= 4 is 11.8 Å². The third kappa shape index (κ3) is 3.90. The Morgan fingerprint density at radius 3 is 2.75 bits per heavy atom. The van der Waals surface area contributed by atoms with Gasteiger partial charge >= 0.3 is 5.97 Å². The molecule has 0 bridgehead atoms. The van der Waals surface area contributed by atoms with Crippen molar-refractivity contribution in [2.24, 2.45) is 0 Å². The molecular weight excluding hydrogens is 258 g/mol. The van der Waals surface area contributed by atoms with Crippen molar-refractivity contribution in [3.63, 3.8) is 0 Å². The number of aliphatic carboxylic acids is 1. The maximum atomic E-state index is 10.5. The van der Waals surface area contributed by atoms with Crippen molar-refractivity contribution in [1.29, 1.82) is 0 Å². The van der Waals surface area contributed by atoms with Crippen molar-refractivity contribution < 1.29 is 14.6 Å². The van der Waals surface area contributed by atoms with Crippen LogP contribution in [0.5, 0.6) is 0 Å². The van der Waals surface area contributed by atoms with Crippen LogP contribution in [0.2, 0.25) is 0 Å². The number of carboxylic acids is 1. The van der Waals surface area contributed by atoms with Crippen LogP contribution in [0.4, 0.5) is 5.82 Å². The molecule has 0 saturated carbocycles. The fraction of sp³-hybridized carbons (Fsp3) is 0.643. The molecule has 2 heterocycles. The summed E-state index contributed by atoms with van der Waals surface area (Å²) in [4.78, 5) is 21.6. The van der Waals surface area contributed by atoms with E-state index in [9.17, 15) is 4.79 Å². The van der Waals surface area contributed by atoms with Crippen LogP contribution in [-0.2, 0) is 16.0 Å². The fourth-order valence-corrected chi connectivity index (χ4v) is 2.40. The summed E-state index contributed by atoms with van der Waals surface area (Å²) < 4.78 is 5.34. The van der Waals surface area contributed by atoms with Gasteiger partial charge in [-0.15, -0.1) is 0 Å². The van der Waals surface area contributed by atoms with Gasteiger partial charge in [0.25, 0.3) is 0 Å². The summed E-state index contributed by atoms with van der Waals surface area (Å²) in [6.45, 7) is 5.45. The van der Waals surface area contributed by atoms with Crippen LogP contribution in [0.1, 0.15) is 31.3 Å². The highest BCUT2D eigenvalue weighted by Gasteiger charge is 2.21. The standard InChI is InChI=1S/C14H21N3O3/c1-3-11-8-13(16-10(2)15-11)17-6-4-12(5-7-17)20-9-14(18)19/h8,12H,3-7,9H2,1-2H3,(H,18,19). The molecule has 0 aliphatic carbocycles. The number of hydrogen-bond acceptors (Lipinski definition) is 5. The number of anilines is 1. The average molecular weight is 279 g/mol. The third-order valence-electron chi connectivity index (χ3n) is 3.45. The lowest BCUT2D eigenvalue weighted by Gasteiger charge is -2.32. The van der Waals surface area contributed by atoms with Crippen LogP contribution in [0, 0.1) is 6.92 Å². The fourth-order valence-electron chi connectivity index (χ4n) is 2.40. The van der Waals surface area contributed by atoms with E-state index in [0.29, 0.717) is 0 Å². The zero-order valence-electron chi connectivity index (χ0n) is 12.0. The normalized spacial score (nSPS) is 16.4. The van der Waals surface area contributed by atoms with E-state index >= 15 is 0 Å². The topological polar surface area (TPSA) is 75.5 Å². The van der Waals surface area contributed by atoms with Crippen molar-refractivity contribution in [2.45, 2.75) is 39.2 Å². The maximum Gasteiger partial charge on any atom is 0.329 e. The summed E-state index contributed by atoms with van der Waals surface area (Å²) in [5, 5.41) is 8.61. The van der Waals surface area contributed by atoms with E-state index < -0.39 is 5.97 Å². The van der Waals surface area contributed by atoms with Gasteiger partial charge in [-0.3, -0.25) is 0 Å². The van der Waals surface area contributed by atoms with Gasteiger partial charge in [-0.05, 0) is 26.2 Å². The lowest BCUT2D eigenvalue weighted by Crippen LogP contribution is -2.38. The Kier molecular flexibility index (Phi) is 4.89. The van der Waals surface area contributed by atoms with Gasteiger partial charge in [0.2, 0.25) is 0 Å². The SMILES string of the molecule is CCc1cc(N2CCC(OCC(=O)O)CC2)nc(C)n1. The van der Waals surface area contributed by atoms with Crippen LogP contribution in [0.25, 0.3) is 0 Å². The van der Waals surface area contributed by atoms with Crippen LogP contribution in [0.3, 0.4) is 0 Å². The zero-order chi connectivity index (χ0) is 14.5. The first kappa shape index (κ1) is 14.7. The van der Waals surface area contributed by atoms with Crippen LogP contribution < -0.4 is 4.90 Å². The first-order chi connectivity index (χ1) is 9.58. The Labute approximate surface area is 118 Å². The lowest BCUT2D eigenvalue weighted by atomic mass is 10.1. The molecule has 0 unspecified atom stereocenters. The molecule has 0 spiro atoms. The minimum absolute atomic E-state index is 0.0379. The first-order valence-corrected chi connectivity index (χ1v) is 7.01. The van der Waals surface area contributed by atoms with Crippen LogP contribution in [-0.4, -0.2) is 46.8 Å². The van der Waals surface area contributed by atoms with E-state index in [1.54, 1.807) is 0 Å². The Hall–Kier alpha value is -1.69. The minimum Gasteiger partial charge on any atom is -0.480 e. The molecule has 20 heavy (non-hydrogen) atoms. The van der Waals surface area contributed by atoms with E-state index in [1.807, 2.05) is 13.0 Å².